The van der Waals surface area contributed by atoms with Crippen molar-refractivity contribution in [2.75, 3.05) is 25.6 Å². The van der Waals surface area contributed by atoms with Crippen molar-refractivity contribution in [1.29, 1.82) is 0 Å². The van der Waals surface area contributed by atoms with Crippen LogP contribution in [0.1, 0.15) is 47.5 Å². The van der Waals surface area contributed by atoms with Gasteiger partial charge in [0.25, 0.3) is 0 Å². The summed E-state index contributed by atoms with van der Waals surface area (Å²) >= 11 is 12.5. The summed E-state index contributed by atoms with van der Waals surface area (Å²) in [5.74, 6) is -0.643. The predicted molar refractivity (Wildman–Crippen MR) is 129 cm³/mol. The first-order chi connectivity index (χ1) is 16.0. The van der Waals surface area contributed by atoms with E-state index in [1.807, 2.05) is 24.4 Å². The van der Waals surface area contributed by atoms with Gasteiger partial charge in [-0.25, -0.2) is 4.79 Å². The van der Waals surface area contributed by atoms with Crippen molar-refractivity contribution < 1.29 is 19.0 Å². The fraction of sp³-hybridized carbons (Fsp3) is 0.360. The fourth-order valence-corrected chi connectivity index (χ4v) is 5.17. The second-order valence-corrected chi connectivity index (χ2v) is 9.31. The van der Waals surface area contributed by atoms with Gasteiger partial charge in [0.05, 0.1) is 42.8 Å². The molecule has 0 atom stereocenters. The minimum absolute atomic E-state index is 0.260. The molecule has 0 radical (unpaired) electrons. The second-order valence-electron chi connectivity index (χ2n) is 8.44. The van der Waals surface area contributed by atoms with Crippen LogP contribution in [0.15, 0.2) is 42.6 Å². The number of carbonyl (C=O) groups excluding carboxylic acids is 1. The van der Waals surface area contributed by atoms with Gasteiger partial charge in [0, 0.05) is 34.5 Å². The Morgan fingerprint density at radius 2 is 1.79 bits per heavy atom. The quantitative estimate of drug-likeness (QED) is 0.426. The summed E-state index contributed by atoms with van der Waals surface area (Å²) in [5.41, 5.74) is 3.73. The number of halogens is 2. The summed E-state index contributed by atoms with van der Waals surface area (Å²) in [4.78, 5) is 17.1. The highest BCUT2D eigenvalue weighted by Gasteiger charge is 2.41. The van der Waals surface area contributed by atoms with Crippen LogP contribution in [-0.2, 0) is 14.2 Å². The smallest absolute Gasteiger partial charge is 0.340 e. The van der Waals surface area contributed by atoms with Gasteiger partial charge in [0.15, 0.2) is 5.79 Å². The lowest BCUT2D eigenvalue weighted by Crippen LogP contribution is -2.34. The van der Waals surface area contributed by atoms with Gasteiger partial charge >= 0.3 is 5.97 Å². The number of methoxy groups -OCH3 is 1. The summed E-state index contributed by atoms with van der Waals surface area (Å²) < 4.78 is 16.8. The molecule has 1 aliphatic carbocycles. The van der Waals surface area contributed by atoms with E-state index in [9.17, 15) is 4.79 Å². The zero-order valence-corrected chi connectivity index (χ0v) is 19.7. The van der Waals surface area contributed by atoms with Gasteiger partial charge in [0.1, 0.15) is 0 Å². The highest BCUT2D eigenvalue weighted by atomic mass is 35.5. The molecule has 2 fully saturated rings. The van der Waals surface area contributed by atoms with Crippen LogP contribution < -0.4 is 5.32 Å². The third-order valence-electron chi connectivity index (χ3n) is 6.51. The Balaban J connectivity index is 1.57. The lowest BCUT2D eigenvalue weighted by Gasteiger charge is -2.36. The molecular formula is C25H24Cl2N2O4. The molecule has 0 amide bonds. The Labute approximate surface area is 202 Å². The van der Waals surface area contributed by atoms with Crippen LogP contribution in [0.4, 0.5) is 11.4 Å². The molecule has 172 valence electrons. The maximum absolute atomic E-state index is 12.4. The van der Waals surface area contributed by atoms with Gasteiger partial charge in [-0.2, -0.15) is 0 Å². The van der Waals surface area contributed by atoms with Crippen molar-refractivity contribution in [3.05, 3.63) is 63.8 Å². The number of pyridine rings is 1. The van der Waals surface area contributed by atoms with Gasteiger partial charge in [-0.3, -0.25) is 4.98 Å². The van der Waals surface area contributed by atoms with Gasteiger partial charge < -0.3 is 19.5 Å². The van der Waals surface area contributed by atoms with Crippen LogP contribution >= 0.6 is 23.2 Å². The summed E-state index contributed by atoms with van der Waals surface area (Å²) in [6.07, 6.45) is 5.41. The standard InChI is InChI=1S/C25H24Cl2N2O4/c1-31-24(30)19-13-17(27)3-5-22(19)29-23-18-12-16(26)2-4-21(18)28-14-20(23)15-6-8-25(9-7-15)32-10-11-33-25/h2-5,12-15H,6-11H2,1H3,(H,28,29). The maximum Gasteiger partial charge on any atom is 0.340 e. The van der Waals surface area contributed by atoms with E-state index < -0.39 is 11.8 Å². The van der Waals surface area contributed by atoms with E-state index in [0.29, 0.717) is 34.5 Å². The number of hydrogen-bond acceptors (Lipinski definition) is 6. The lowest BCUT2D eigenvalue weighted by molar-refractivity contribution is -0.178. The van der Waals surface area contributed by atoms with Crippen molar-refractivity contribution in [1.82, 2.24) is 4.98 Å². The number of hydrogen-bond donors (Lipinski definition) is 1. The van der Waals surface area contributed by atoms with E-state index in [4.69, 9.17) is 42.4 Å². The summed E-state index contributed by atoms with van der Waals surface area (Å²) in [6.45, 7) is 1.31. The molecule has 1 N–H and O–H groups in total. The van der Waals surface area contributed by atoms with E-state index in [2.05, 4.69) is 5.32 Å². The largest absolute Gasteiger partial charge is 0.465 e. The fourth-order valence-electron chi connectivity index (χ4n) is 4.82. The van der Waals surface area contributed by atoms with Gasteiger partial charge in [0.2, 0.25) is 0 Å². The molecule has 0 bridgehead atoms. The van der Waals surface area contributed by atoms with Gasteiger partial charge in [-0.15, -0.1) is 0 Å². The van der Waals surface area contributed by atoms with E-state index in [1.54, 1.807) is 18.2 Å². The van der Waals surface area contributed by atoms with Crippen molar-refractivity contribution in [3.8, 4) is 0 Å². The Morgan fingerprint density at radius 1 is 1.09 bits per heavy atom. The first kappa shape index (κ1) is 22.4. The molecule has 5 rings (SSSR count). The molecule has 3 aromatic rings. The van der Waals surface area contributed by atoms with E-state index >= 15 is 0 Å². The number of carbonyl (C=O) groups is 1. The van der Waals surface area contributed by atoms with Crippen LogP contribution in [-0.4, -0.2) is 37.1 Å². The second kappa shape index (κ2) is 9.11. The highest BCUT2D eigenvalue weighted by molar-refractivity contribution is 6.31. The minimum Gasteiger partial charge on any atom is -0.465 e. The molecule has 6 nitrogen and oxygen atoms in total. The monoisotopic (exact) mass is 486 g/mol. The third kappa shape index (κ3) is 4.41. The van der Waals surface area contributed by atoms with Crippen molar-refractivity contribution in [2.24, 2.45) is 0 Å². The van der Waals surface area contributed by atoms with Crippen LogP contribution in [0.25, 0.3) is 10.9 Å². The number of esters is 1. The average Bonchev–Trinajstić information content (AvgIpc) is 3.28. The number of ether oxygens (including phenoxy) is 3. The van der Waals surface area contributed by atoms with Crippen LogP contribution in [0.3, 0.4) is 0 Å². The van der Waals surface area contributed by atoms with Crippen molar-refractivity contribution in [2.45, 2.75) is 37.4 Å². The molecule has 1 saturated heterocycles. The normalized spacial score (nSPS) is 18.0. The summed E-state index contributed by atoms with van der Waals surface area (Å²) in [6, 6.07) is 10.7. The van der Waals surface area contributed by atoms with E-state index in [0.717, 1.165) is 47.8 Å². The zero-order chi connectivity index (χ0) is 23.0. The Kier molecular flexibility index (Phi) is 6.18. The number of rotatable bonds is 4. The van der Waals surface area contributed by atoms with Crippen molar-refractivity contribution >= 4 is 51.4 Å². The number of fused-ring (bicyclic) bond motifs is 1. The minimum atomic E-state index is -0.465. The Morgan fingerprint density at radius 3 is 2.52 bits per heavy atom. The number of aromatic nitrogens is 1. The Hall–Kier alpha value is -2.38. The molecule has 1 spiro atoms. The van der Waals surface area contributed by atoms with Crippen LogP contribution in [0, 0.1) is 0 Å². The number of benzene rings is 2. The molecule has 33 heavy (non-hydrogen) atoms. The van der Waals surface area contributed by atoms with Crippen LogP contribution in [0.2, 0.25) is 10.0 Å². The maximum atomic E-state index is 12.4. The molecule has 1 aromatic heterocycles. The molecular weight excluding hydrogens is 463 g/mol. The topological polar surface area (TPSA) is 69.7 Å². The van der Waals surface area contributed by atoms with Gasteiger partial charge in [-0.1, -0.05) is 23.2 Å². The SMILES string of the molecule is COC(=O)c1cc(Cl)ccc1Nc1c(C2CCC3(CC2)OCCO3)cnc2ccc(Cl)cc12. The molecule has 8 heteroatoms. The van der Waals surface area contributed by atoms with E-state index in [1.165, 1.54) is 7.11 Å². The summed E-state index contributed by atoms with van der Waals surface area (Å²) in [7, 11) is 1.35. The number of nitrogens with one attached hydrogen (secondary N) is 1. The number of anilines is 2. The van der Waals surface area contributed by atoms with Crippen molar-refractivity contribution in [3.63, 3.8) is 0 Å². The molecule has 1 aliphatic heterocycles. The summed E-state index contributed by atoms with van der Waals surface area (Å²) in [5, 5.41) is 5.45. The van der Waals surface area contributed by atoms with E-state index in [-0.39, 0.29) is 5.92 Å². The third-order valence-corrected chi connectivity index (χ3v) is 6.98. The first-order valence-corrected chi connectivity index (χ1v) is 11.7. The van der Waals surface area contributed by atoms with Gasteiger partial charge in [-0.05, 0) is 60.7 Å². The first-order valence-electron chi connectivity index (χ1n) is 11.0. The Bertz CT molecular complexity index is 1200. The van der Waals surface area contributed by atoms with Crippen LogP contribution in [0.5, 0.6) is 0 Å². The molecule has 2 heterocycles. The molecule has 2 aliphatic rings. The number of nitrogens with zero attached hydrogens (tertiary/aromatic N) is 1. The molecule has 2 aromatic carbocycles. The lowest BCUT2D eigenvalue weighted by atomic mass is 9.80. The average molecular weight is 487 g/mol. The molecule has 1 saturated carbocycles. The molecule has 0 unspecified atom stereocenters. The zero-order valence-electron chi connectivity index (χ0n) is 18.2. The highest BCUT2D eigenvalue weighted by Crippen LogP contribution is 2.46. The predicted octanol–water partition coefficient (Wildman–Crippen LogP) is 6.47.